The molecule has 0 fully saturated rings. The van der Waals surface area contributed by atoms with Gasteiger partial charge in [0.1, 0.15) is 5.82 Å². The Balaban J connectivity index is 1.81. The van der Waals surface area contributed by atoms with Crippen molar-refractivity contribution in [1.29, 1.82) is 0 Å². The van der Waals surface area contributed by atoms with Gasteiger partial charge in [0, 0.05) is 16.3 Å². The third-order valence-electron chi connectivity index (χ3n) is 5.48. The molecule has 3 nitrogen and oxygen atoms in total. The summed E-state index contributed by atoms with van der Waals surface area (Å²) in [4.78, 5) is 18.1. The van der Waals surface area contributed by atoms with Crippen LogP contribution in [0.1, 0.15) is 37.3 Å². The van der Waals surface area contributed by atoms with Crippen molar-refractivity contribution in [3.05, 3.63) is 99.1 Å². The third-order valence-corrected chi connectivity index (χ3v) is 6.80. The van der Waals surface area contributed by atoms with Gasteiger partial charge in [0.25, 0.3) is 5.56 Å². The van der Waals surface area contributed by atoms with E-state index in [1.54, 1.807) is 22.8 Å². The van der Waals surface area contributed by atoms with Crippen LogP contribution in [0.5, 0.6) is 0 Å². The zero-order chi connectivity index (χ0) is 22.0. The minimum Gasteiger partial charge on any atom is -0.268 e. The van der Waals surface area contributed by atoms with E-state index in [-0.39, 0.29) is 17.1 Å². The third kappa shape index (κ3) is 4.39. The number of aromatic nitrogens is 2. The lowest BCUT2D eigenvalue weighted by Crippen LogP contribution is -2.21. The van der Waals surface area contributed by atoms with Gasteiger partial charge in [-0.15, -0.1) is 0 Å². The molecule has 1 unspecified atom stereocenters. The zero-order valence-electron chi connectivity index (χ0n) is 17.3. The van der Waals surface area contributed by atoms with Gasteiger partial charge in [0.05, 0.1) is 16.6 Å². The number of rotatable bonds is 6. The Morgan fingerprint density at radius 1 is 1.06 bits per heavy atom. The maximum absolute atomic E-state index is 14.3. The quantitative estimate of drug-likeness (QED) is 0.233. The summed E-state index contributed by atoms with van der Waals surface area (Å²) in [5.74, 6) is 0.339. The van der Waals surface area contributed by atoms with Gasteiger partial charge >= 0.3 is 0 Å². The Morgan fingerprint density at radius 2 is 1.81 bits per heavy atom. The van der Waals surface area contributed by atoms with Gasteiger partial charge in [0.2, 0.25) is 0 Å². The van der Waals surface area contributed by atoms with Crippen molar-refractivity contribution < 1.29 is 4.39 Å². The second-order valence-corrected chi connectivity index (χ2v) is 8.79. The van der Waals surface area contributed by atoms with Gasteiger partial charge in [-0.25, -0.2) is 9.37 Å². The van der Waals surface area contributed by atoms with Crippen LogP contribution in [0.4, 0.5) is 4.39 Å². The highest BCUT2D eigenvalue weighted by Crippen LogP contribution is 2.29. The summed E-state index contributed by atoms with van der Waals surface area (Å²) in [5, 5.41) is 1.40. The highest BCUT2D eigenvalue weighted by Gasteiger charge is 2.16. The Morgan fingerprint density at radius 3 is 2.52 bits per heavy atom. The maximum atomic E-state index is 14.3. The van der Waals surface area contributed by atoms with Crippen LogP contribution >= 0.6 is 23.4 Å². The molecule has 0 N–H and O–H groups in total. The summed E-state index contributed by atoms with van der Waals surface area (Å²) < 4.78 is 15.9. The molecule has 0 spiro atoms. The molecule has 3 aromatic carbocycles. The lowest BCUT2D eigenvalue weighted by atomic mass is 9.98. The van der Waals surface area contributed by atoms with Gasteiger partial charge in [-0.3, -0.25) is 9.36 Å². The summed E-state index contributed by atoms with van der Waals surface area (Å²) in [6.45, 7) is 4.33. The molecule has 6 heteroatoms. The number of hydrogen-bond donors (Lipinski definition) is 0. The summed E-state index contributed by atoms with van der Waals surface area (Å²) in [6, 6.07) is 19.9. The number of nitrogens with zero attached hydrogens (tertiary/aromatic N) is 2. The van der Waals surface area contributed by atoms with E-state index in [1.807, 2.05) is 42.5 Å². The molecule has 158 valence electrons. The summed E-state index contributed by atoms with van der Waals surface area (Å²) in [5.41, 5.74) is 2.82. The SMILES string of the molecule is CCC(C)c1ccc(-n2c(SCc3c(F)cccc3Cl)nc3ccccc3c2=O)cc1. The normalized spacial score (nSPS) is 12.3. The van der Waals surface area contributed by atoms with Gasteiger partial charge in [0.15, 0.2) is 5.16 Å². The molecule has 1 aromatic heterocycles. The van der Waals surface area contributed by atoms with E-state index >= 15 is 0 Å². The largest absolute Gasteiger partial charge is 0.268 e. The van der Waals surface area contributed by atoms with Crippen molar-refractivity contribution in [3.63, 3.8) is 0 Å². The standard InChI is InChI=1S/C25H22ClFN2OS/c1-3-16(2)17-11-13-18(14-12-17)29-24(30)19-7-4-5-10-23(19)28-25(29)31-15-20-21(26)8-6-9-22(20)27/h4-14,16H,3,15H2,1-2H3. The molecule has 0 radical (unpaired) electrons. The molecular weight excluding hydrogens is 431 g/mol. The molecule has 0 bridgehead atoms. The molecule has 0 aliphatic heterocycles. The molecule has 1 atom stereocenters. The summed E-state index contributed by atoms with van der Waals surface area (Å²) >= 11 is 7.49. The Bertz CT molecular complexity index is 1270. The second kappa shape index (κ2) is 9.25. The van der Waals surface area contributed by atoms with E-state index in [2.05, 4.69) is 13.8 Å². The van der Waals surface area contributed by atoms with E-state index in [0.29, 0.717) is 32.6 Å². The average molecular weight is 453 g/mol. The molecule has 0 aliphatic carbocycles. The first kappa shape index (κ1) is 21.6. The summed E-state index contributed by atoms with van der Waals surface area (Å²) in [6.07, 6.45) is 1.04. The molecule has 0 saturated heterocycles. The average Bonchev–Trinajstić information content (AvgIpc) is 2.78. The number of fused-ring (bicyclic) bond motifs is 1. The van der Waals surface area contributed by atoms with Gasteiger partial charge in [-0.2, -0.15) is 0 Å². The Kier molecular flexibility index (Phi) is 6.44. The first-order valence-corrected chi connectivity index (χ1v) is 11.5. The Hall–Kier alpha value is -2.63. The van der Waals surface area contributed by atoms with Crippen LogP contribution in [0.25, 0.3) is 16.6 Å². The monoisotopic (exact) mass is 452 g/mol. The fourth-order valence-electron chi connectivity index (χ4n) is 3.43. The van der Waals surface area contributed by atoms with E-state index in [0.717, 1.165) is 12.1 Å². The summed E-state index contributed by atoms with van der Waals surface area (Å²) in [7, 11) is 0. The number of para-hydroxylation sites is 1. The smallest absolute Gasteiger partial charge is 0.266 e. The van der Waals surface area contributed by atoms with E-state index in [4.69, 9.17) is 16.6 Å². The predicted molar refractivity (Wildman–Crippen MR) is 127 cm³/mol. The van der Waals surface area contributed by atoms with E-state index in [1.165, 1.54) is 23.4 Å². The van der Waals surface area contributed by atoms with Gasteiger partial charge < -0.3 is 0 Å². The van der Waals surface area contributed by atoms with Crippen LogP contribution in [0, 0.1) is 5.82 Å². The van der Waals surface area contributed by atoms with Gasteiger partial charge in [-0.05, 0) is 54.3 Å². The first-order chi connectivity index (χ1) is 15.0. The number of halogens is 2. The molecule has 0 saturated carbocycles. The van der Waals surface area contributed by atoms with Crippen molar-refractivity contribution >= 4 is 34.3 Å². The second-order valence-electron chi connectivity index (χ2n) is 7.44. The van der Waals surface area contributed by atoms with Crippen LogP contribution in [0.15, 0.2) is 76.7 Å². The van der Waals surface area contributed by atoms with E-state index in [9.17, 15) is 9.18 Å². The van der Waals surface area contributed by atoms with Crippen molar-refractivity contribution in [2.24, 2.45) is 0 Å². The van der Waals surface area contributed by atoms with Crippen LogP contribution in [-0.4, -0.2) is 9.55 Å². The highest BCUT2D eigenvalue weighted by atomic mass is 35.5. The number of thioether (sulfide) groups is 1. The minimum atomic E-state index is -0.368. The van der Waals surface area contributed by atoms with Crippen molar-refractivity contribution in [2.45, 2.75) is 37.1 Å². The fourth-order valence-corrected chi connectivity index (χ4v) is 4.79. The van der Waals surface area contributed by atoms with Crippen molar-refractivity contribution in [3.8, 4) is 5.69 Å². The minimum absolute atomic E-state index is 0.149. The van der Waals surface area contributed by atoms with Crippen LogP contribution in [0.2, 0.25) is 5.02 Å². The highest BCUT2D eigenvalue weighted by molar-refractivity contribution is 7.98. The maximum Gasteiger partial charge on any atom is 0.266 e. The molecule has 4 rings (SSSR count). The zero-order valence-corrected chi connectivity index (χ0v) is 18.9. The van der Waals surface area contributed by atoms with Gasteiger partial charge in [-0.1, -0.05) is 67.5 Å². The first-order valence-electron chi connectivity index (χ1n) is 10.2. The molecule has 4 aromatic rings. The van der Waals surface area contributed by atoms with Crippen molar-refractivity contribution in [1.82, 2.24) is 9.55 Å². The number of benzene rings is 3. The lowest BCUT2D eigenvalue weighted by Gasteiger charge is -2.15. The lowest BCUT2D eigenvalue weighted by molar-refractivity contribution is 0.617. The van der Waals surface area contributed by atoms with Crippen LogP contribution < -0.4 is 5.56 Å². The topological polar surface area (TPSA) is 34.9 Å². The van der Waals surface area contributed by atoms with Crippen LogP contribution in [0.3, 0.4) is 0 Å². The molecule has 0 amide bonds. The van der Waals surface area contributed by atoms with E-state index < -0.39 is 0 Å². The molecule has 1 heterocycles. The number of hydrogen-bond acceptors (Lipinski definition) is 3. The molecule has 0 aliphatic rings. The molecule has 31 heavy (non-hydrogen) atoms. The predicted octanol–water partition coefficient (Wildman–Crippen LogP) is 6.98. The Labute approximate surface area is 189 Å². The fraction of sp³-hybridized carbons (Fsp3) is 0.200. The molecular formula is C25H22ClFN2OS. The van der Waals surface area contributed by atoms with Crippen LogP contribution in [-0.2, 0) is 5.75 Å². The van der Waals surface area contributed by atoms with Crippen molar-refractivity contribution in [2.75, 3.05) is 0 Å².